The largest absolute Gasteiger partial charge is 0.354 e. The second-order valence-corrected chi connectivity index (χ2v) is 10.9. The summed E-state index contributed by atoms with van der Waals surface area (Å²) in [5, 5.41) is 12.2. The van der Waals surface area contributed by atoms with Gasteiger partial charge >= 0.3 is 0 Å². The minimum Gasteiger partial charge on any atom is -0.354 e. The van der Waals surface area contributed by atoms with Gasteiger partial charge in [-0.1, -0.05) is 23.7 Å². The lowest BCUT2D eigenvalue weighted by molar-refractivity contribution is -0.111. The van der Waals surface area contributed by atoms with E-state index in [1.54, 1.807) is 23.0 Å². The van der Waals surface area contributed by atoms with Gasteiger partial charge in [-0.2, -0.15) is 5.10 Å². The summed E-state index contributed by atoms with van der Waals surface area (Å²) in [4.78, 5) is 35.2. The molecule has 1 atom stereocenters. The van der Waals surface area contributed by atoms with Crippen molar-refractivity contribution in [2.24, 2.45) is 0 Å². The molecule has 6 rings (SSSR count). The zero-order valence-electron chi connectivity index (χ0n) is 23.6. The molecule has 5 heterocycles. The number of aromatic nitrogens is 6. The monoisotopic (exact) mass is 582 g/mol. The second-order valence-electron chi connectivity index (χ2n) is 10.5. The lowest BCUT2D eigenvalue weighted by Gasteiger charge is -2.20. The third-order valence-electron chi connectivity index (χ3n) is 7.04. The first-order valence-electron chi connectivity index (χ1n) is 13.7. The summed E-state index contributed by atoms with van der Waals surface area (Å²) >= 11 is 6.51. The lowest BCUT2D eigenvalue weighted by atomic mass is 10.2. The van der Waals surface area contributed by atoms with Crippen molar-refractivity contribution in [3.63, 3.8) is 0 Å². The topological polar surface area (TPSA) is 116 Å². The Hall–Kier alpha value is -4.61. The van der Waals surface area contributed by atoms with Gasteiger partial charge in [-0.05, 0) is 57.8 Å². The van der Waals surface area contributed by atoms with E-state index >= 15 is 0 Å². The Morgan fingerprint density at radius 3 is 2.90 bits per heavy atom. The number of fused-ring (bicyclic) bond motifs is 2. The smallest absolute Gasteiger partial charge is 0.248 e. The van der Waals surface area contributed by atoms with Crippen LogP contribution in [0.3, 0.4) is 0 Å². The number of halogens is 1. The first-order valence-corrected chi connectivity index (χ1v) is 14.1. The number of anilines is 3. The van der Waals surface area contributed by atoms with Crippen molar-refractivity contribution in [1.82, 2.24) is 34.4 Å². The molecule has 11 nitrogen and oxygen atoms in total. The highest BCUT2D eigenvalue weighted by molar-refractivity contribution is 6.33. The molecular formula is C30H31ClN10O. The van der Waals surface area contributed by atoms with Gasteiger partial charge in [0.1, 0.15) is 11.6 Å². The van der Waals surface area contributed by atoms with Crippen LogP contribution in [0.1, 0.15) is 12.2 Å². The van der Waals surface area contributed by atoms with E-state index in [9.17, 15) is 4.79 Å². The summed E-state index contributed by atoms with van der Waals surface area (Å²) in [6.45, 7) is 4.11. The molecule has 0 saturated carbocycles. The molecule has 1 aromatic carbocycles. The Morgan fingerprint density at radius 1 is 1.17 bits per heavy atom. The van der Waals surface area contributed by atoms with Crippen molar-refractivity contribution < 1.29 is 4.79 Å². The van der Waals surface area contributed by atoms with Crippen LogP contribution >= 0.6 is 11.6 Å². The standard InChI is InChI=1S/C30H31ClN10O/c1-19-34-25-15-20(36-27(42)8-6-12-39(2)3)9-10-22(25)29(35-19)40-14-11-21(18-40)37-30-32-17-24(31)28(38-30)23-16-33-41-13-5-4-7-26(23)41/h4-10,13,15-17,21H,11-12,14,18H2,1-3H3,(H,36,42)(H,32,37,38)/b8-6+. The summed E-state index contributed by atoms with van der Waals surface area (Å²) in [7, 11) is 3.91. The Balaban J connectivity index is 1.18. The first kappa shape index (κ1) is 27.6. The summed E-state index contributed by atoms with van der Waals surface area (Å²) in [6.07, 6.45) is 9.54. The molecule has 42 heavy (non-hydrogen) atoms. The highest BCUT2D eigenvalue weighted by Crippen LogP contribution is 2.32. The third kappa shape index (κ3) is 5.88. The van der Waals surface area contributed by atoms with Gasteiger partial charge in [0, 0.05) is 54.6 Å². The molecule has 214 valence electrons. The molecule has 12 heteroatoms. The van der Waals surface area contributed by atoms with Crippen molar-refractivity contribution in [2.75, 3.05) is 49.3 Å². The Labute approximate surface area is 248 Å². The first-order chi connectivity index (χ1) is 20.3. The van der Waals surface area contributed by atoms with Gasteiger partial charge < -0.3 is 20.4 Å². The summed E-state index contributed by atoms with van der Waals surface area (Å²) in [5.41, 5.74) is 3.88. The summed E-state index contributed by atoms with van der Waals surface area (Å²) in [6, 6.07) is 11.7. The number of aryl methyl sites for hydroxylation is 1. The predicted octanol–water partition coefficient (Wildman–Crippen LogP) is 4.44. The van der Waals surface area contributed by atoms with E-state index in [2.05, 4.69) is 30.6 Å². The van der Waals surface area contributed by atoms with Crippen LogP contribution in [-0.4, -0.2) is 80.1 Å². The SMILES string of the molecule is Cc1nc(N2CCC(Nc3ncc(Cl)c(-c4cnn5ccccc45)n3)C2)c2ccc(NC(=O)/C=C/CN(C)C)cc2n1. The van der Waals surface area contributed by atoms with Crippen LogP contribution in [0.5, 0.6) is 0 Å². The molecule has 2 N–H and O–H groups in total. The number of hydrogen-bond donors (Lipinski definition) is 2. The zero-order chi connectivity index (χ0) is 29.2. The highest BCUT2D eigenvalue weighted by Gasteiger charge is 2.26. The van der Waals surface area contributed by atoms with Crippen molar-refractivity contribution >= 4 is 51.4 Å². The number of likely N-dealkylation sites (N-methyl/N-ethyl adjacent to an activating group) is 1. The molecule has 4 aromatic heterocycles. The minimum atomic E-state index is -0.176. The van der Waals surface area contributed by atoms with Crippen LogP contribution < -0.4 is 15.5 Å². The number of amides is 1. The Bertz CT molecular complexity index is 1800. The molecule has 1 aliphatic rings. The van der Waals surface area contributed by atoms with Gasteiger partial charge in [0.2, 0.25) is 11.9 Å². The fourth-order valence-electron chi connectivity index (χ4n) is 5.09. The van der Waals surface area contributed by atoms with Crippen molar-refractivity contribution in [3.05, 3.63) is 78.0 Å². The highest BCUT2D eigenvalue weighted by atomic mass is 35.5. The Kier molecular flexibility index (Phi) is 7.68. The number of carbonyl (C=O) groups is 1. The van der Waals surface area contributed by atoms with Crippen LogP contribution in [0, 0.1) is 6.92 Å². The van der Waals surface area contributed by atoms with E-state index in [-0.39, 0.29) is 11.9 Å². The van der Waals surface area contributed by atoms with Crippen LogP contribution in [0.2, 0.25) is 5.02 Å². The van der Waals surface area contributed by atoms with Gasteiger partial charge in [-0.15, -0.1) is 0 Å². The van der Waals surface area contributed by atoms with E-state index in [1.807, 2.05) is 74.6 Å². The molecule has 5 aromatic rings. The van der Waals surface area contributed by atoms with E-state index in [4.69, 9.17) is 21.6 Å². The predicted molar refractivity (Wildman–Crippen MR) is 166 cm³/mol. The molecule has 0 bridgehead atoms. The second kappa shape index (κ2) is 11.7. The molecule has 1 saturated heterocycles. The van der Waals surface area contributed by atoms with Crippen LogP contribution in [0.15, 0.2) is 67.1 Å². The number of hydrogen-bond acceptors (Lipinski definition) is 9. The quantitative estimate of drug-likeness (QED) is 0.256. The Morgan fingerprint density at radius 2 is 2.05 bits per heavy atom. The molecule has 1 amide bonds. The number of carbonyl (C=O) groups excluding carboxylic acids is 1. The van der Waals surface area contributed by atoms with Gasteiger partial charge in [-0.3, -0.25) is 4.79 Å². The molecule has 0 aliphatic carbocycles. The number of nitrogens with one attached hydrogen (secondary N) is 2. The fourth-order valence-corrected chi connectivity index (χ4v) is 5.29. The minimum absolute atomic E-state index is 0.112. The van der Waals surface area contributed by atoms with E-state index in [0.29, 0.717) is 34.7 Å². The maximum absolute atomic E-state index is 12.3. The van der Waals surface area contributed by atoms with Gasteiger partial charge in [0.25, 0.3) is 0 Å². The van der Waals surface area contributed by atoms with Gasteiger partial charge in [-0.25, -0.2) is 24.5 Å². The van der Waals surface area contributed by atoms with Crippen molar-refractivity contribution in [1.29, 1.82) is 0 Å². The zero-order valence-corrected chi connectivity index (χ0v) is 24.4. The average Bonchev–Trinajstić information content (AvgIpc) is 3.60. The van der Waals surface area contributed by atoms with E-state index in [1.165, 1.54) is 0 Å². The number of benzene rings is 1. The van der Waals surface area contributed by atoms with Crippen molar-refractivity contribution in [3.8, 4) is 11.3 Å². The van der Waals surface area contributed by atoms with E-state index < -0.39 is 0 Å². The lowest BCUT2D eigenvalue weighted by Crippen LogP contribution is -2.27. The maximum atomic E-state index is 12.3. The number of rotatable bonds is 8. The maximum Gasteiger partial charge on any atom is 0.248 e. The van der Waals surface area contributed by atoms with Crippen molar-refractivity contribution in [2.45, 2.75) is 19.4 Å². The molecular weight excluding hydrogens is 552 g/mol. The molecule has 1 aliphatic heterocycles. The molecule has 0 radical (unpaired) electrons. The average molecular weight is 583 g/mol. The third-order valence-corrected chi connectivity index (χ3v) is 7.32. The summed E-state index contributed by atoms with van der Waals surface area (Å²) < 4.78 is 1.80. The van der Waals surface area contributed by atoms with Gasteiger partial charge in [0.05, 0.1) is 34.1 Å². The number of nitrogens with zero attached hydrogens (tertiary/aromatic N) is 8. The van der Waals surface area contributed by atoms with E-state index in [0.717, 1.165) is 47.3 Å². The fraction of sp³-hybridized carbons (Fsp3) is 0.267. The van der Waals surface area contributed by atoms with Crippen LogP contribution in [0.4, 0.5) is 17.5 Å². The normalized spacial score (nSPS) is 15.4. The molecule has 0 spiro atoms. The molecule has 1 unspecified atom stereocenters. The molecule has 1 fully saturated rings. The van der Waals surface area contributed by atoms with Crippen LogP contribution in [0.25, 0.3) is 27.7 Å². The number of pyridine rings is 1. The van der Waals surface area contributed by atoms with Gasteiger partial charge in [0.15, 0.2) is 0 Å². The van der Waals surface area contributed by atoms with Crippen LogP contribution in [-0.2, 0) is 4.79 Å². The summed E-state index contributed by atoms with van der Waals surface area (Å²) in [5.74, 6) is 1.88.